The second-order valence-corrected chi connectivity index (χ2v) is 7.60. The van der Waals surface area contributed by atoms with Gasteiger partial charge in [-0.3, -0.25) is 19.4 Å². The van der Waals surface area contributed by atoms with Crippen LogP contribution in [0.15, 0.2) is 54.6 Å². The zero-order valence-electron chi connectivity index (χ0n) is 15.9. The summed E-state index contributed by atoms with van der Waals surface area (Å²) in [6, 6.07) is 14.5. The number of rotatable bonds is 5. The number of nitrogens with one attached hydrogen (secondary N) is 1. The van der Waals surface area contributed by atoms with Gasteiger partial charge in [0.15, 0.2) is 5.78 Å². The van der Waals surface area contributed by atoms with Crippen molar-refractivity contribution in [3.63, 3.8) is 0 Å². The summed E-state index contributed by atoms with van der Waals surface area (Å²) in [6.45, 7) is 1.51. The van der Waals surface area contributed by atoms with E-state index < -0.39 is 11.6 Å². The number of urea groups is 1. The Morgan fingerprint density at radius 3 is 2.31 bits per heavy atom. The van der Waals surface area contributed by atoms with Gasteiger partial charge in [0.1, 0.15) is 11.4 Å². The SMILES string of the molecule is O=C(CN1CCC2(CC1)NC(=O)N(Cc1ccc(F)cc1)C2=O)c1ccccc1. The summed E-state index contributed by atoms with van der Waals surface area (Å²) in [6.07, 6.45) is 0.916. The Hall–Kier alpha value is -3.06. The Morgan fingerprint density at radius 2 is 1.66 bits per heavy atom. The van der Waals surface area contributed by atoms with Crippen molar-refractivity contribution in [2.75, 3.05) is 19.6 Å². The lowest BCUT2D eigenvalue weighted by Gasteiger charge is -2.37. The third-order valence-corrected chi connectivity index (χ3v) is 5.67. The van der Waals surface area contributed by atoms with Gasteiger partial charge in [0.2, 0.25) is 0 Å². The van der Waals surface area contributed by atoms with Crippen LogP contribution in [0.2, 0.25) is 0 Å². The predicted molar refractivity (Wildman–Crippen MR) is 105 cm³/mol. The normalized spacial score (nSPS) is 18.9. The zero-order chi connectivity index (χ0) is 20.4. The number of carbonyl (C=O) groups excluding carboxylic acids is 3. The van der Waals surface area contributed by atoms with Gasteiger partial charge in [0.05, 0.1) is 13.1 Å². The number of piperidine rings is 1. The fraction of sp³-hybridized carbons (Fsp3) is 0.318. The molecule has 2 aliphatic heterocycles. The molecule has 3 amide bonds. The third kappa shape index (κ3) is 3.91. The molecule has 2 saturated heterocycles. The lowest BCUT2D eigenvalue weighted by atomic mass is 9.87. The van der Waals surface area contributed by atoms with Crippen molar-refractivity contribution in [3.05, 3.63) is 71.5 Å². The Labute approximate surface area is 168 Å². The fourth-order valence-electron chi connectivity index (χ4n) is 3.94. The van der Waals surface area contributed by atoms with Gasteiger partial charge in [-0.15, -0.1) is 0 Å². The Morgan fingerprint density at radius 1 is 1.00 bits per heavy atom. The second kappa shape index (κ2) is 7.75. The maximum atomic E-state index is 13.1. The number of hydrogen-bond acceptors (Lipinski definition) is 4. The molecule has 7 heteroatoms. The summed E-state index contributed by atoms with van der Waals surface area (Å²) in [5, 5.41) is 2.86. The average molecular weight is 395 g/mol. The van der Waals surface area contributed by atoms with Crippen molar-refractivity contribution >= 4 is 17.7 Å². The van der Waals surface area contributed by atoms with Crippen molar-refractivity contribution in [3.8, 4) is 0 Å². The number of imide groups is 1. The van der Waals surface area contributed by atoms with E-state index in [2.05, 4.69) is 5.32 Å². The van der Waals surface area contributed by atoms with E-state index in [1.54, 1.807) is 24.3 Å². The molecule has 150 valence electrons. The summed E-state index contributed by atoms with van der Waals surface area (Å²) in [4.78, 5) is 41.0. The van der Waals surface area contributed by atoms with Crippen molar-refractivity contribution in [1.82, 2.24) is 15.1 Å². The topological polar surface area (TPSA) is 69.7 Å². The molecule has 0 aliphatic carbocycles. The van der Waals surface area contributed by atoms with Gasteiger partial charge in [-0.2, -0.15) is 0 Å². The van der Waals surface area contributed by atoms with Crippen LogP contribution in [0.1, 0.15) is 28.8 Å². The van der Waals surface area contributed by atoms with Crippen LogP contribution < -0.4 is 5.32 Å². The summed E-state index contributed by atoms with van der Waals surface area (Å²) < 4.78 is 13.1. The molecule has 0 bridgehead atoms. The Balaban J connectivity index is 1.37. The van der Waals surface area contributed by atoms with Crippen LogP contribution in [0.25, 0.3) is 0 Å². The largest absolute Gasteiger partial charge is 0.325 e. The van der Waals surface area contributed by atoms with E-state index in [0.717, 1.165) is 0 Å². The standard InChI is InChI=1S/C22H22FN3O3/c23-18-8-6-16(7-9-18)14-26-20(28)22(24-21(26)29)10-12-25(13-11-22)15-19(27)17-4-2-1-3-5-17/h1-9H,10-15H2,(H,24,29). The van der Waals surface area contributed by atoms with Crippen LogP contribution in [-0.4, -0.2) is 52.7 Å². The smallest absolute Gasteiger partial charge is 0.323 e. The molecule has 29 heavy (non-hydrogen) atoms. The van der Waals surface area contributed by atoms with E-state index in [0.29, 0.717) is 43.6 Å². The summed E-state index contributed by atoms with van der Waals surface area (Å²) in [7, 11) is 0. The quantitative estimate of drug-likeness (QED) is 0.624. The number of amides is 3. The highest BCUT2D eigenvalue weighted by Gasteiger charge is 2.52. The van der Waals surface area contributed by atoms with E-state index in [9.17, 15) is 18.8 Å². The minimum atomic E-state index is -0.913. The lowest BCUT2D eigenvalue weighted by molar-refractivity contribution is -0.133. The van der Waals surface area contributed by atoms with Crippen LogP contribution in [0.4, 0.5) is 9.18 Å². The number of benzene rings is 2. The van der Waals surface area contributed by atoms with Crippen molar-refractivity contribution < 1.29 is 18.8 Å². The minimum absolute atomic E-state index is 0.0428. The second-order valence-electron chi connectivity index (χ2n) is 7.60. The molecule has 1 spiro atoms. The molecular weight excluding hydrogens is 373 g/mol. The molecule has 0 radical (unpaired) electrons. The van der Waals surface area contributed by atoms with Gasteiger partial charge in [0.25, 0.3) is 5.91 Å². The molecule has 2 heterocycles. The number of nitrogens with zero attached hydrogens (tertiary/aromatic N) is 2. The summed E-state index contributed by atoms with van der Waals surface area (Å²) >= 11 is 0. The molecule has 0 saturated carbocycles. The third-order valence-electron chi connectivity index (χ3n) is 5.67. The summed E-state index contributed by atoms with van der Waals surface area (Å²) in [5.74, 6) is -0.568. The van der Waals surface area contributed by atoms with Crippen LogP contribution in [-0.2, 0) is 11.3 Å². The molecule has 0 unspecified atom stereocenters. The Bertz CT molecular complexity index is 922. The first-order valence-electron chi connectivity index (χ1n) is 9.66. The van der Waals surface area contributed by atoms with E-state index >= 15 is 0 Å². The van der Waals surface area contributed by atoms with Crippen LogP contribution in [0.3, 0.4) is 0 Å². The van der Waals surface area contributed by atoms with E-state index in [1.165, 1.54) is 17.0 Å². The monoisotopic (exact) mass is 395 g/mol. The van der Waals surface area contributed by atoms with Crippen molar-refractivity contribution in [2.45, 2.75) is 24.9 Å². The molecule has 2 aromatic carbocycles. The maximum absolute atomic E-state index is 13.1. The predicted octanol–water partition coefficient (Wildman–Crippen LogP) is 2.60. The summed E-state index contributed by atoms with van der Waals surface area (Å²) in [5.41, 5.74) is 0.449. The van der Waals surface area contributed by atoms with Gasteiger partial charge in [-0.05, 0) is 30.5 Å². The number of ketones is 1. The van der Waals surface area contributed by atoms with Crippen LogP contribution >= 0.6 is 0 Å². The number of carbonyl (C=O) groups is 3. The molecule has 0 atom stereocenters. The number of Topliss-reactive ketones (excluding diaryl/α,β-unsaturated/α-hetero) is 1. The van der Waals surface area contributed by atoms with Crippen LogP contribution in [0.5, 0.6) is 0 Å². The lowest BCUT2D eigenvalue weighted by Crippen LogP contribution is -2.55. The van der Waals surface area contributed by atoms with Crippen molar-refractivity contribution in [2.24, 2.45) is 0 Å². The Kier molecular flexibility index (Phi) is 5.15. The van der Waals surface area contributed by atoms with E-state index in [1.807, 2.05) is 23.1 Å². The molecule has 2 aromatic rings. The van der Waals surface area contributed by atoms with Crippen LogP contribution in [0, 0.1) is 5.82 Å². The van der Waals surface area contributed by atoms with Gasteiger partial charge in [-0.1, -0.05) is 42.5 Å². The zero-order valence-corrected chi connectivity index (χ0v) is 15.9. The molecular formula is C22H22FN3O3. The number of hydrogen-bond donors (Lipinski definition) is 1. The highest BCUT2D eigenvalue weighted by atomic mass is 19.1. The molecule has 1 N–H and O–H groups in total. The average Bonchev–Trinajstić information content (AvgIpc) is 2.96. The van der Waals surface area contributed by atoms with Crippen molar-refractivity contribution in [1.29, 1.82) is 0 Å². The molecule has 6 nitrogen and oxygen atoms in total. The first kappa shape index (κ1) is 19.3. The van der Waals surface area contributed by atoms with Gasteiger partial charge in [0, 0.05) is 18.7 Å². The highest BCUT2D eigenvalue weighted by molar-refractivity contribution is 6.07. The van der Waals surface area contributed by atoms with E-state index in [-0.39, 0.29) is 24.1 Å². The molecule has 0 aromatic heterocycles. The molecule has 2 aliphatic rings. The minimum Gasteiger partial charge on any atom is -0.323 e. The highest BCUT2D eigenvalue weighted by Crippen LogP contribution is 2.30. The fourth-order valence-corrected chi connectivity index (χ4v) is 3.94. The number of halogens is 1. The maximum Gasteiger partial charge on any atom is 0.325 e. The first-order valence-corrected chi connectivity index (χ1v) is 9.66. The van der Waals surface area contributed by atoms with Gasteiger partial charge in [-0.25, -0.2) is 9.18 Å². The molecule has 4 rings (SSSR count). The number of likely N-dealkylation sites (tertiary alicyclic amines) is 1. The van der Waals surface area contributed by atoms with Gasteiger partial charge >= 0.3 is 6.03 Å². The molecule has 2 fully saturated rings. The van der Waals surface area contributed by atoms with Gasteiger partial charge < -0.3 is 5.32 Å². The van der Waals surface area contributed by atoms with E-state index in [4.69, 9.17) is 0 Å². The first-order chi connectivity index (χ1) is 14.0.